The molecule has 0 amide bonds. The van der Waals surface area contributed by atoms with Crippen molar-refractivity contribution < 1.29 is 0 Å². The maximum atomic E-state index is 4.40. The third-order valence-corrected chi connectivity index (χ3v) is 3.59. The molecule has 0 saturated heterocycles. The first-order valence-electron chi connectivity index (χ1n) is 3.26. The summed E-state index contributed by atoms with van der Waals surface area (Å²) in [6, 6.07) is 0. The van der Waals surface area contributed by atoms with Crippen molar-refractivity contribution in [2.24, 2.45) is 0 Å². The van der Waals surface area contributed by atoms with Crippen molar-refractivity contribution in [3.8, 4) is 0 Å². The van der Waals surface area contributed by atoms with E-state index < -0.39 is 0 Å². The summed E-state index contributed by atoms with van der Waals surface area (Å²) >= 11 is 0. The highest BCUT2D eigenvalue weighted by atomic mass is 32.9. The lowest BCUT2D eigenvalue weighted by molar-refractivity contribution is 0.801. The molecule has 0 aliphatic carbocycles. The van der Waals surface area contributed by atoms with Gasteiger partial charge in [-0.05, 0) is 10.3 Å². The Balaban J connectivity index is 3.10. The van der Waals surface area contributed by atoms with Gasteiger partial charge < -0.3 is 4.90 Å². The van der Waals surface area contributed by atoms with Gasteiger partial charge in [0.05, 0.1) is 14.1 Å². The molecule has 1 heterocycles. The Morgan fingerprint density at radius 1 is 1.27 bits per heavy atom. The maximum Gasteiger partial charge on any atom is 0.390 e. The molecule has 0 radical (unpaired) electrons. The quantitative estimate of drug-likeness (QED) is 0.469. The van der Waals surface area contributed by atoms with E-state index in [0.717, 1.165) is 9.93 Å². The van der Waals surface area contributed by atoms with E-state index in [2.05, 4.69) is 4.98 Å². The highest BCUT2D eigenvalue weighted by molar-refractivity contribution is 7.69. The minimum atomic E-state index is 1.07. The van der Waals surface area contributed by atoms with Gasteiger partial charge in [-0.1, -0.05) is 0 Å². The molecule has 0 atom stereocenters. The average Bonchev–Trinajstić information content (AvgIpc) is 2.33. The molecule has 3 nitrogen and oxygen atoms in total. The van der Waals surface area contributed by atoms with Gasteiger partial charge in [-0.15, -0.1) is 0 Å². The Bertz CT molecular complexity index is 293. The van der Waals surface area contributed by atoms with Crippen LogP contribution in [0.25, 0.3) is 0 Å². The molecule has 0 aliphatic rings. The lowest BCUT2D eigenvalue weighted by Crippen LogP contribution is -2.21. The second-order valence-corrected chi connectivity index (χ2v) is 4.70. The molecule has 1 rings (SSSR count). The van der Waals surface area contributed by atoms with Crippen molar-refractivity contribution in [3.05, 3.63) is 4.80 Å². The number of anilines is 1. The van der Waals surface area contributed by atoms with Crippen molar-refractivity contribution in [1.82, 2.24) is 9.56 Å². The molecule has 0 aliphatic heterocycles. The zero-order chi connectivity index (χ0) is 8.43. The van der Waals surface area contributed by atoms with Crippen LogP contribution in [0.3, 0.4) is 0 Å². The molecule has 0 fully saturated rings. The largest absolute Gasteiger partial charge is 0.390 e. The van der Waals surface area contributed by atoms with E-state index in [0.29, 0.717) is 0 Å². The van der Waals surface area contributed by atoms with E-state index in [4.69, 9.17) is 0 Å². The van der Waals surface area contributed by atoms with Gasteiger partial charge in [0, 0.05) is 29.4 Å². The second-order valence-electron chi connectivity index (χ2n) is 2.63. The Kier molecular flexibility index (Phi) is 2.62. The first-order valence-corrected chi connectivity index (χ1v) is 5.41. The van der Waals surface area contributed by atoms with Gasteiger partial charge in [0.1, 0.15) is 0 Å². The van der Waals surface area contributed by atoms with Gasteiger partial charge in [-0.25, -0.2) is 0 Å². The van der Waals surface area contributed by atoms with Gasteiger partial charge in [0.15, 0.2) is 0 Å². The summed E-state index contributed by atoms with van der Waals surface area (Å²) in [5, 5.41) is 1.07. The molecule has 1 aromatic rings. The predicted octanol–water partition coefficient (Wildman–Crippen LogP) is 0.302. The number of hydrogen-bond donors (Lipinski definition) is 0. The van der Waals surface area contributed by atoms with E-state index in [9.17, 15) is 0 Å². The van der Waals surface area contributed by atoms with E-state index >= 15 is 0 Å². The normalized spacial score (nSPS) is 9.82. The third kappa shape index (κ3) is 2.00. The molecule has 0 N–H and O–H groups in total. The minimum Gasteiger partial charge on any atom is -0.333 e. The van der Waals surface area contributed by atoms with Crippen LogP contribution < -0.4 is 14.3 Å². The Hall–Kier alpha value is -0.420. The predicted molar refractivity (Wildman–Crippen MR) is 51.4 cm³/mol. The molecule has 0 unspecified atom stereocenters. The van der Waals surface area contributed by atoms with Gasteiger partial charge >= 0.3 is 9.93 Å². The number of rotatable bonds is 1. The smallest absolute Gasteiger partial charge is 0.333 e. The van der Waals surface area contributed by atoms with Crippen LogP contribution in [0.1, 0.15) is 0 Å². The molecule has 5 heteroatoms. The van der Waals surface area contributed by atoms with Crippen LogP contribution in [0.4, 0.5) is 5.13 Å². The van der Waals surface area contributed by atoms with Gasteiger partial charge in [-0.2, -0.15) is 0 Å². The molecule has 0 spiro atoms. The second kappa shape index (κ2) is 3.32. The van der Waals surface area contributed by atoms with Crippen molar-refractivity contribution in [3.63, 3.8) is 0 Å². The Morgan fingerprint density at radius 3 is 2.18 bits per heavy atom. The standard InChI is InChI=1S/C6H12N3S2/c1-8(2)5-7-6(9(3)4)11-10-5/h1-4H3/q+1. The van der Waals surface area contributed by atoms with Crippen molar-refractivity contribution >= 4 is 25.8 Å². The summed E-state index contributed by atoms with van der Waals surface area (Å²) < 4.78 is 2.02. The van der Waals surface area contributed by atoms with Gasteiger partial charge in [-0.3, -0.25) is 4.58 Å². The average molecular weight is 190 g/mol. The maximum absolute atomic E-state index is 4.40. The summed E-state index contributed by atoms with van der Waals surface area (Å²) in [5.74, 6) is 0. The zero-order valence-corrected chi connectivity index (χ0v) is 8.79. The molecule has 0 saturated carbocycles. The first-order chi connectivity index (χ1) is 5.11. The first kappa shape index (κ1) is 8.67. The Morgan fingerprint density at radius 2 is 1.91 bits per heavy atom. The molecule has 11 heavy (non-hydrogen) atoms. The SMILES string of the molecule is CN(C)c1nc(=[N+](C)C)ss1. The van der Waals surface area contributed by atoms with Gasteiger partial charge in [0.25, 0.3) is 0 Å². The highest BCUT2D eigenvalue weighted by Crippen LogP contribution is 2.14. The summed E-state index contributed by atoms with van der Waals surface area (Å²) in [6.45, 7) is 0. The van der Waals surface area contributed by atoms with Crippen molar-refractivity contribution in [2.45, 2.75) is 0 Å². The fraction of sp³-hybridized carbons (Fsp3) is 0.667. The molecule has 0 aromatic carbocycles. The fourth-order valence-electron chi connectivity index (χ4n) is 0.543. The van der Waals surface area contributed by atoms with Crippen LogP contribution in [0.2, 0.25) is 0 Å². The number of nitrogens with zero attached hydrogens (tertiary/aromatic N) is 3. The summed E-state index contributed by atoms with van der Waals surface area (Å²) in [5.41, 5.74) is 0. The van der Waals surface area contributed by atoms with Crippen LogP contribution in [0.5, 0.6) is 0 Å². The number of hydrogen-bond acceptors (Lipinski definition) is 4. The monoisotopic (exact) mass is 190 g/mol. The van der Waals surface area contributed by atoms with E-state index in [1.807, 2.05) is 37.7 Å². The van der Waals surface area contributed by atoms with Crippen LogP contribution in [-0.4, -0.2) is 33.2 Å². The minimum absolute atomic E-state index is 1.07. The van der Waals surface area contributed by atoms with Gasteiger partial charge in [0.2, 0.25) is 0 Å². The van der Waals surface area contributed by atoms with Crippen LogP contribution in [-0.2, 0) is 0 Å². The molecular weight excluding hydrogens is 178 g/mol. The lowest BCUT2D eigenvalue weighted by Gasteiger charge is -1.99. The van der Waals surface area contributed by atoms with Crippen LogP contribution in [0, 0.1) is 0 Å². The zero-order valence-electron chi connectivity index (χ0n) is 7.16. The summed E-state index contributed by atoms with van der Waals surface area (Å²) in [4.78, 5) is 7.49. The number of aromatic nitrogens is 1. The topological polar surface area (TPSA) is 19.1 Å². The fourth-order valence-corrected chi connectivity index (χ4v) is 2.86. The lowest BCUT2D eigenvalue weighted by atomic mass is 10.9. The molecular formula is C6H12N3S2+. The third-order valence-electron chi connectivity index (χ3n) is 1.15. The van der Waals surface area contributed by atoms with Crippen LogP contribution in [0.15, 0.2) is 0 Å². The van der Waals surface area contributed by atoms with Crippen molar-refractivity contribution in [1.29, 1.82) is 0 Å². The Labute approximate surface area is 73.6 Å². The highest BCUT2D eigenvalue weighted by Gasteiger charge is 2.08. The molecule has 62 valence electrons. The molecule has 0 bridgehead atoms. The summed E-state index contributed by atoms with van der Waals surface area (Å²) in [6.07, 6.45) is 0. The van der Waals surface area contributed by atoms with Crippen LogP contribution >= 0.6 is 20.7 Å². The van der Waals surface area contributed by atoms with Crippen molar-refractivity contribution in [2.75, 3.05) is 33.1 Å². The summed E-state index contributed by atoms with van der Waals surface area (Å²) in [7, 11) is 11.4. The molecule has 1 aromatic heterocycles. The van der Waals surface area contributed by atoms with E-state index in [-0.39, 0.29) is 0 Å². The van der Waals surface area contributed by atoms with E-state index in [1.165, 1.54) is 0 Å². The van der Waals surface area contributed by atoms with E-state index in [1.54, 1.807) is 20.7 Å².